The summed E-state index contributed by atoms with van der Waals surface area (Å²) in [6, 6.07) is -0.160. The van der Waals surface area contributed by atoms with Gasteiger partial charge in [0, 0.05) is 19.6 Å². The lowest BCUT2D eigenvalue weighted by molar-refractivity contribution is 0.0188. The van der Waals surface area contributed by atoms with Gasteiger partial charge in [0.1, 0.15) is 10.6 Å². The lowest BCUT2D eigenvalue weighted by atomic mass is 10.1. The van der Waals surface area contributed by atoms with Gasteiger partial charge >= 0.3 is 0 Å². The molecule has 1 aromatic rings. The van der Waals surface area contributed by atoms with E-state index in [0.717, 1.165) is 10.7 Å². The highest BCUT2D eigenvalue weighted by atomic mass is 32.1. The SMILES string of the molecule is COCC(N)c1csc(C(C)(C)OC)n1. The van der Waals surface area contributed by atoms with Gasteiger partial charge in [-0.2, -0.15) is 0 Å². The molecule has 1 aromatic heterocycles. The Bertz CT molecular complexity index is 312. The molecule has 0 aliphatic heterocycles. The molecule has 1 rings (SSSR count). The number of nitrogens with two attached hydrogens (primary N) is 1. The summed E-state index contributed by atoms with van der Waals surface area (Å²) in [6.45, 7) is 4.45. The van der Waals surface area contributed by atoms with Gasteiger partial charge in [-0.05, 0) is 13.8 Å². The standard InChI is InChI=1S/C10H18N2O2S/c1-10(2,14-4)9-12-8(6-15-9)7(11)5-13-3/h6-7H,5,11H2,1-4H3. The first-order valence-corrected chi connectivity index (χ1v) is 5.64. The Kier molecular flexibility index (Phi) is 4.21. The van der Waals surface area contributed by atoms with Crippen LogP contribution in [0.2, 0.25) is 0 Å². The average Bonchev–Trinajstić information content (AvgIpc) is 2.67. The van der Waals surface area contributed by atoms with Crippen molar-refractivity contribution in [2.75, 3.05) is 20.8 Å². The Morgan fingerprint density at radius 2 is 2.20 bits per heavy atom. The van der Waals surface area contributed by atoms with E-state index >= 15 is 0 Å². The van der Waals surface area contributed by atoms with Crippen molar-refractivity contribution in [3.8, 4) is 0 Å². The van der Waals surface area contributed by atoms with E-state index in [0.29, 0.717) is 6.61 Å². The molecule has 0 spiro atoms. The van der Waals surface area contributed by atoms with Crippen LogP contribution >= 0.6 is 11.3 Å². The van der Waals surface area contributed by atoms with Crippen LogP contribution in [-0.4, -0.2) is 25.8 Å². The van der Waals surface area contributed by atoms with Gasteiger partial charge in [-0.15, -0.1) is 11.3 Å². The molecule has 86 valence electrons. The number of rotatable bonds is 5. The zero-order chi connectivity index (χ0) is 11.5. The average molecular weight is 230 g/mol. The smallest absolute Gasteiger partial charge is 0.124 e. The summed E-state index contributed by atoms with van der Waals surface area (Å²) >= 11 is 1.56. The summed E-state index contributed by atoms with van der Waals surface area (Å²) in [6.07, 6.45) is 0. The number of nitrogens with zero attached hydrogens (tertiary/aromatic N) is 1. The first kappa shape index (κ1) is 12.6. The van der Waals surface area contributed by atoms with Crippen molar-refractivity contribution >= 4 is 11.3 Å². The quantitative estimate of drug-likeness (QED) is 0.836. The molecular formula is C10H18N2O2S. The fraction of sp³-hybridized carbons (Fsp3) is 0.700. The van der Waals surface area contributed by atoms with Crippen LogP contribution in [0.5, 0.6) is 0 Å². The van der Waals surface area contributed by atoms with Crippen molar-refractivity contribution in [1.82, 2.24) is 4.98 Å². The molecule has 0 saturated heterocycles. The van der Waals surface area contributed by atoms with Crippen LogP contribution in [0.3, 0.4) is 0 Å². The number of hydrogen-bond acceptors (Lipinski definition) is 5. The van der Waals surface area contributed by atoms with Crippen molar-refractivity contribution in [2.45, 2.75) is 25.5 Å². The molecule has 1 unspecified atom stereocenters. The van der Waals surface area contributed by atoms with Gasteiger partial charge in [0.15, 0.2) is 0 Å². The van der Waals surface area contributed by atoms with Crippen LogP contribution < -0.4 is 5.73 Å². The maximum Gasteiger partial charge on any atom is 0.124 e. The second kappa shape index (κ2) is 5.03. The largest absolute Gasteiger partial charge is 0.383 e. The minimum absolute atomic E-state index is 0.160. The first-order valence-electron chi connectivity index (χ1n) is 4.77. The third-order valence-corrected chi connectivity index (χ3v) is 3.44. The fourth-order valence-corrected chi connectivity index (χ4v) is 2.07. The van der Waals surface area contributed by atoms with Crippen molar-refractivity contribution < 1.29 is 9.47 Å². The Morgan fingerprint density at radius 1 is 1.53 bits per heavy atom. The molecule has 0 saturated carbocycles. The molecular weight excluding hydrogens is 212 g/mol. The van der Waals surface area contributed by atoms with Gasteiger partial charge in [0.05, 0.1) is 18.3 Å². The summed E-state index contributed by atoms with van der Waals surface area (Å²) < 4.78 is 10.3. The van der Waals surface area contributed by atoms with Gasteiger partial charge in [-0.3, -0.25) is 0 Å². The first-order chi connectivity index (χ1) is 7.01. The van der Waals surface area contributed by atoms with Gasteiger partial charge in [0.2, 0.25) is 0 Å². The van der Waals surface area contributed by atoms with Gasteiger partial charge < -0.3 is 15.2 Å². The van der Waals surface area contributed by atoms with Gasteiger partial charge in [-0.25, -0.2) is 4.98 Å². The van der Waals surface area contributed by atoms with Crippen LogP contribution in [0.25, 0.3) is 0 Å². The maximum atomic E-state index is 5.88. The van der Waals surface area contributed by atoms with E-state index in [2.05, 4.69) is 4.98 Å². The monoisotopic (exact) mass is 230 g/mol. The Morgan fingerprint density at radius 3 is 2.73 bits per heavy atom. The molecule has 0 radical (unpaired) electrons. The van der Waals surface area contributed by atoms with Crippen LogP contribution in [0, 0.1) is 0 Å². The molecule has 5 heteroatoms. The van der Waals surface area contributed by atoms with Crippen LogP contribution in [-0.2, 0) is 15.1 Å². The predicted molar refractivity (Wildman–Crippen MR) is 61.0 cm³/mol. The molecule has 0 aliphatic carbocycles. The maximum absolute atomic E-state index is 5.88. The summed E-state index contributed by atoms with van der Waals surface area (Å²) in [7, 11) is 3.31. The molecule has 0 fully saturated rings. The molecule has 2 N–H and O–H groups in total. The zero-order valence-corrected chi connectivity index (χ0v) is 10.4. The second-order valence-electron chi connectivity index (χ2n) is 3.85. The Hall–Kier alpha value is -0.490. The van der Waals surface area contributed by atoms with E-state index in [-0.39, 0.29) is 11.6 Å². The Labute approximate surface area is 94.4 Å². The van der Waals surface area contributed by atoms with Crippen LogP contribution in [0.1, 0.15) is 30.6 Å². The topological polar surface area (TPSA) is 57.4 Å². The molecule has 0 amide bonds. The van der Waals surface area contributed by atoms with Crippen molar-refractivity contribution in [2.24, 2.45) is 5.73 Å². The van der Waals surface area contributed by atoms with E-state index < -0.39 is 0 Å². The summed E-state index contributed by atoms with van der Waals surface area (Å²) in [5, 5.41) is 2.89. The summed E-state index contributed by atoms with van der Waals surface area (Å²) in [5.74, 6) is 0. The van der Waals surface area contributed by atoms with E-state index in [1.165, 1.54) is 0 Å². The van der Waals surface area contributed by atoms with Crippen LogP contribution in [0.15, 0.2) is 5.38 Å². The normalized spacial score (nSPS) is 14.2. The van der Waals surface area contributed by atoms with Gasteiger partial charge in [-0.1, -0.05) is 0 Å². The molecule has 1 heterocycles. The number of aromatic nitrogens is 1. The summed E-state index contributed by atoms with van der Waals surface area (Å²) in [5.41, 5.74) is 6.39. The molecule has 0 aliphatic rings. The third-order valence-electron chi connectivity index (χ3n) is 2.27. The lowest BCUT2D eigenvalue weighted by Crippen LogP contribution is -2.21. The number of methoxy groups -OCH3 is 2. The molecule has 0 bridgehead atoms. The molecule has 15 heavy (non-hydrogen) atoms. The minimum atomic E-state index is -0.351. The number of hydrogen-bond donors (Lipinski definition) is 1. The minimum Gasteiger partial charge on any atom is -0.383 e. The van der Waals surface area contributed by atoms with E-state index in [9.17, 15) is 0 Å². The molecule has 4 nitrogen and oxygen atoms in total. The highest BCUT2D eigenvalue weighted by Gasteiger charge is 2.24. The van der Waals surface area contributed by atoms with E-state index in [4.69, 9.17) is 15.2 Å². The van der Waals surface area contributed by atoms with E-state index in [1.807, 2.05) is 19.2 Å². The molecule has 1 atom stereocenters. The van der Waals surface area contributed by atoms with Crippen molar-refractivity contribution in [3.63, 3.8) is 0 Å². The number of thiazole rings is 1. The lowest BCUT2D eigenvalue weighted by Gasteiger charge is -2.19. The van der Waals surface area contributed by atoms with Crippen molar-refractivity contribution in [3.05, 3.63) is 16.1 Å². The predicted octanol–water partition coefficient (Wildman–Crippen LogP) is 1.67. The Balaban J connectivity index is 2.80. The zero-order valence-electron chi connectivity index (χ0n) is 9.61. The molecule has 0 aromatic carbocycles. The second-order valence-corrected chi connectivity index (χ2v) is 4.71. The van der Waals surface area contributed by atoms with Crippen LogP contribution in [0.4, 0.5) is 0 Å². The summed E-state index contributed by atoms with van der Waals surface area (Å²) in [4.78, 5) is 4.46. The number of ether oxygens (including phenoxy) is 2. The highest BCUT2D eigenvalue weighted by molar-refractivity contribution is 7.09. The van der Waals surface area contributed by atoms with Crippen molar-refractivity contribution in [1.29, 1.82) is 0 Å². The fourth-order valence-electron chi connectivity index (χ4n) is 1.09. The highest BCUT2D eigenvalue weighted by Crippen LogP contribution is 2.28. The van der Waals surface area contributed by atoms with E-state index in [1.54, 1.807) is 25.6 Å². The third kappa shape index (κ3) is 2.98. The van der Waals surface area contributed by atoms with Gasteiger partial charge in [0.25, 0.3) is 0 Å².